The first-order valence-electron chi connectivity index (χ1n) is 9.50. The molecule has 0 unspecified atom stereocenters. The fourth-order valence-corrected chi connectivity index (χ4v) is 3.47. The van der Waals surface area contributed by atoms with E-state index in [0.29, 0.717) is 0 Å². The summed E-state index contributed by atoms with van der Waals surface area (Å²) in [7, 11) is 0. The number of ether oxygens (including phenoxy) is 3. The van der Waals surface area contributed by atoms with Gasteiger partial charge in [-0.1, -0.05) is 0 Å². The highest BCUT2D eigenvalue weighted by Crippen LogP contribution is 2.42. The van der Waals surface area contributed by atoms with Gasteiger partial charge in [-0.05, 0) is 51.8 Å². The molecule has 1 aliphatic carbocycles. The zero-order valence-electron chi connectivity index (χ0n) is 16.3. The third-order valence-corrected chi connectivity index (χ3v) is 5.13. The first kappa shape index (κ1) is 20.9. The van der Waals surface area contributed by atoms with Crippen LogP contribution in [-0.4, -0.2) is 31.0 Å². The van der Waals surface area contributed by atoms with Crippen LogP contribution in [0.1, 0.15) is 52.0 Å². The molecule has 8 heteroatoms. The van der Waals surface area contributed by atoms with Crippen molar-refractivity contribution in [3.05, 3.63) is 23.8 Å². The Morgan fingerprint density at radius 2 is 1.79 bits per heavy atom. The predicted octanol–water partition coefficient (Wildman–Crippen LogP) is 4.75. The largest absolute Gasteiger partial charge is 0.490 e. The van der Waals surface area contributed by atoms with Gasteiger partial charge in [0.05, 0.1) is 30.3 Å². The lowest BCUT2D eigenvalue weighted by atomic mass is 9.90. The van der Waals surface area contributed by atoms with Gasteiger partial charge in [-0.15, -0.1) is 0 Å². The lowest BCUT2D eigenvalue weighted by Gasteiger charge is -2.42. The van der Waals surface area contributed by atoms with Crippen molar-refractivity contribution in [2.45, 2.75) is 64.5 Å². The maximum atomic E-state index is 13.4. The van der Waals surface area contributed by atoms with Crippen molar-refractivity contribution in [3.63, 3.8) is 0 Å². The monoisotopic (exact) mass is 401 g/mol. The van der Waals surface area contributed by atoms with E-state index in [1.807, 2.05) is 0 Å². The Balaban J connectivity index is 1.73. The average molecular weight is 401 g/mol. The summed E-state index contributed by atoms with van der Waals surface area (Å²) in [5.74, 6) is -1.30. The SMILES string of the molecule is CC(C)Oc1ccc(NC(=O)C2(C)COC3(CCCC3)OC2)cc1C(F)(F)F. The molecule has 1 heterocycles. The van der Waals surface area contributed by atoms with E-state index in [-0.39, 0.29) is 24.7 Å². The van der Waals surface area contributed by atoms with Crippen molar-refractivity contribution in [2.75, 3.05) is 18.5 Å². The standard InChI is InChI=1S/C20H26F3NO4/c1-13(2)28-16-7-6-14(10-15(16)20(21,22)23)24-17(25)18(3)11-26-19(27-12-18)8-4-5-9-19/h6-7,10,13H,4-5,8-9,11-12H2,1-3H3,(H,24,25). The summed E-state index contributed by atoms with van der Waals surface area (Å²) in [4.78, 5) is 12.7. The number of nitrogens with one attached hydrogen (secondary N) is 1. The second-order valence-electron chi connectivity index (χ2n) is 8.09. The minimum absolute atomic E-state index is 0.0517. The first-order chi connectivity index (χ1) is 13.0. The van der Waals surface area contributed by atoms with E-state index in [0.717, 1.165) is 31.7 Å². The second-order valence-corrected chi connectivity index (χ2v) is 8.09. The van der Waals surface area contributed by atoms with E-state index in [1.54, 1.807) is 20.8 Å². The summed E-state index contributed by atoms with van der Waals surface area (Å²) in [6.45, 7) is 5.32. The predicted molar refractivity (Wildman–Crippen MR) is 97.0 cm³/mol. The molecule has 0 radical (unpaired) electrons. The van der Waals surface area contributed by atoms with Crippen molar-refractivity contribution in [3.8, 4) is 5.75 Å². The Hall–Kier alpha value is -1.80. The normalized spacial score (nSPS) is 21.1. The number of anilines is 1. The Labute approximate surface area is 162 Å². The quantitative estimate of drug-likeness (QED) is 0.791. The molecule has 1 saturated heterocycles. The molecule has 2 aliphatic rings. The van der Waals surface area contributed by atoms with Crippen LogP contribution in [0, 0.1) is 5.41 Å². The molecule has 1 spiro atoms. The van der Waals surface area contributed by atoms with E-state index >= 15 is 0 Å². The molecule has 2 fully saturated rings. The van der Waals surface area contributed by atoms with Crippen LogP contribution in [0.25, 0.3) is 0 Å². The molecule has 1 aliphatic heterocycles. The van der Waals surface area contributed by atoms with Crippen LogP contribution in [0.15, 0.2) is 18.2 Å². The van der Waals surface area contributed by atoms with Gasteiger partial charge in [0.25, 0.3) is 0 Å². The van der Waals surface area contributed by atoms with Crippen LogP contribution < -0.4 is 10.1 Å². The van der Waals surface area contributed by atoms with Crippen molar-refractivity contribution in [2.24, 2.45) is 5.41 Å². The molecule has 1 saturated carbocycles. The number of benzene rings is 1. The fourth-order valence-electron chi connectivity index (χ4n) is 3.47. The summed E-state index contributed by atoms with van der Waals surface area (Å²) in [6, 6.07) is 3.52. The number of rotatable bonds is 4. The van der Waals surface area contributed by atoms with Gasteiger partial charge in [0.2, 0.25) is 5.91 Å². The topological polar surface area (TPSA) is 56.8 Å². The van der Waals surface area contributed by atoms with Crippen molar-refractivity contribution in [1.82, 2.24) is 0 Å². The van der Waals surface area contributed by atoms with Gasteiger partial charge < -0.3 is 19.5 Å². The number of carbonyl (C=O) groups is 1. The van der Waals surface area contributed by atoms with E-state index < -0.39 is 35.0 Å². The smallest absolute Gasteiger partial charge is 0.420 e. The number of amides is 1. The Kier molecular flexibility index (Phi) is 5.64. The first-order valence-corrected chi connectivity index (χ1v) is 9.50. The number of hydrogen-bond acceptors (Lipinski definition) is 4. The highest BCUT2D eigenvalue weighted by molar-refractivity contribution is 5.95. The van der Waals surface area contributed by atoms with Crippen LogP contribution >= 0.6 is 0 Å². The Bertz CT molecular complexity index is 717. The maximum Gasteiger partial charge on any atom is 0.420 e. The summed E-state index contributed by atoms with van der Waals surface area (Å²) in [5.41, 5.74) is -1.85. The number of halogens is 3. The lowest BCUT2D eigenvalue weighted by molar-refractivity contribution is -0.291. The van der Waals surface area contributed by atoms with Crippen molar-refractivity contribution >= 4 is 11.6 Å². The number of carbonyl (C=O) groups excluding carboxylic acids is 1. The molecular weight excluding hydrogens is 375 g/mol. The van der Waals surface area contributed by atoms with E-state index in [2.05, 4.69) is 5.32 Å². The van der Waals surface area contributed by atoms with E-state index in [9.17, 15) is 18.0 Å². The molecule has 3 rings (SSSR count). The maximum absolute atomic E-state index is 13.4. The Morgan fingerprint density at radius 3 is 2.32 bits per heavy atom. The van der Waals surface area contributed by atoms with Gasteiger partial charge in [-0.2, -0.15) is 13.2 Å². The van der Waals surface area contributed by atoms with Gasteiger partial charge in [0.15, 0.2) is 5.79 Å². The summed E-state index contributed by atoms with van der Waals surface area (Å²) in [5, 5.41) is 2.57. The molecule has 0 bridgehead atoms. The number of hydrogen-bond donors (Lipinski definition) is 1. The van der Waals surface area contributed by atoms with Crippen LogP contribution in [0.2, 0.25) is 0 Å². The molecule has 0 aromatic heterocycles. The lowest BCUT2D eigenvalue weighted by Crippen LogP contribution is -2.52. The third kappa shape index (κ3) is 4.43. The summed E-state index contributed by atoms with van der Waals surface area (Å²) in [6.07, 6.45) is -1.35. The van der Waals surface area contributed by atoms with Crippen molar-refractivity contribution < 1.29 is 32.2 Å². The van der Waals surface area contributed by atoms with Crippen molar-refractivity contribution in [1.29, 1.82) is 0 Å². The fraction of sp³-hybridized carbons (Fsp3) is 0.650. The molecule has 156 valence electrons. The van der Waals surface area contributed by atoms with Crippen LogP contribution in [-0.2, 0) is 20.4 Å². The zero-order valence-corrected chi connectivity index (χ0v) is 16.3. The Morgan fingerprint density at radius 1 is 1.18 bits per heavy atom. The zero-order chi connectivity index (χ0) is 20.6. The minimum atomic E-state index is -4.60. The van der Waals surface area contributed by atoms with Crippen LogP contribution in [0.4, 0.5) is 18.9 Å². The van der Waals surface area contributed by atoms with Gasteiger partial charge in [0, 0.05) is 18.5 Å². The molecular formula is C20H26F3NO4. The van der Waals surface area contributed by atoms with E-state index in [1.165, 1.54) is 12.1 Å². The molecule has 1 amide bonds. The molecule has 1 N–H and O–H groups in total. The van der Waals surface area contributed by atoms with Gasteiger partial charge in [-0.25, -0.2) is 0 Å². The van der Waals surface area contributed by atoms with Crippen LogP contribution in [0.5, 0.6) is 5.75 Å². The molecule has 1 aromatic rings. The van der Waals surface area contributed by atoms with E-state index in [4.69, 9.17) is 14.2 Å². The molecule has 1 aromatic carbocycles. The highest BCUT2D eigenvalue weighted by atomic mass is 19.4. The number of alkyl halides is 3. The summed E-state index contributed by atoms with van der Waals surface area (Å²) >= 11 is 0. The second kappa shape index (κ2) is 7.55. The van der Waals surface area contributed by atoms with Gasteiger partial charge in [0.1, 0.15) is 5.75 Å². The van der Waals surface area contributed by atoms with Gasteiger partial charge >= 0.3 is 6.18 Å². The van der Waals surface area contributed by atoms with Gasteiger partial charge in [-0.3, -0.25) is 4.79 Å². The average Bonchev–Trinajstić information content (AvgIpc) is 3.06. The molecule has 0 atom stereocenters. The molecule has 28 heavy (non-hydrogen) atoms. The highest BCUT2D eigenvalue weighted by Gasteiger charge is 2.47. The molecule has 5 nitrogen and oxygen atoms in total. The summed E-state index contributed by atoms with van der Waals surface area (Å²) < 4.78 is 57.1. The minimum Gasteiger partial charge on any atom is -0.490 e. The van der Waals surface area contributed by atoms with Crippen LogP contribution in [0.3, 0.4) is 0 Å². The third-order valence-electron chi connectivity index (χ3n) is 5.13.